The molecule has 0 bridgehead atoms. The molecule has 0 aromatic carbocycles. The van der Waals surface area contributed by atoms with Crippen molar-refractivity contribution in [3.63, 3.8) is 0 Å². The van der Waals surface area contributed by atoms with Crippen molar-refractivity contribution in [2.24, 2.45) is 11.8 Å². The zero-order chi connectivity index (χ0) is 13.1. The number of nitrogens with one attached hydrogen (secondary N) is 1. The standard InChI is InChI=1S/C15H32N2/c1-12(2)14(11-16-15(4,5)6)17-9-7-13(3)8-10-17/h12-14,16H,7-11H2,1-6H3. The van der Waals surface area contributed by atoms with Crippen LogP contribution in [0.5, 0.6) is 0 Å². The first-order valence-corrected chi connectivity index (χ1v) is 7.28. The summed E-state index contributed by atoms with van der Waals surface area (Å²) in [5, 5.41) is 3.67. The van der Waals surface area contributed by atoms with Crippen molar-refractivity contribution in [2.75, 3.05) is 19.6 Å². The number of nitrogens with zero attached hydrogens (tertiary/aromatic N) is 1. The van der Waals surface area contributed by atoms with E-state index in [-0.39, 0.29) is 5.54 Å². The first-order valence-electron chi connectivity index (χ1n) is 7.28. The van der Waals surface area contributed by atoms with Gasteiger partial charge in [0.25, 0.3) is 0 Å². The van der Waals surface area contributed by atoms with E-state index >= 15 is 0 Å². The van der Waals surface area contributed by atoms with Gasteiger partial charge in [0.1, 0.15) is 0 Å². The van der Waals surface area contributed by atoms with Crippen LogP contribution in [-0.2, 0) is 0 Å². The molecule has 0 spiro atoms. The van der Waals surface area contributed by atoms with Crippen molar-refractivity contribution in [3.05, 3.63) is 0 Å². The van der Waals surface area contributed by atoms with Gasteiger partial charge in [0.05, 0.1) is 0 Å². The molecule has 2 nitrogen and oxygen atoms in total. The van der Waals surface area contributed by atoms with E-state index < -0.39 is 0 Å². The molecule has 102 valence electrons. The summed E-state index contributed by atoms with van der Waals surface area (Å²) in [6.07, 6.45) is 2.75. The lowest BCUT2D eigenvalue weighted by Crippen LogP contribution is -2.51. The zero-order valence-electron chi connectivity index (χ0n) is 12.7. The minimum Gasteiger partial charge on any atom is -0.311 e. The Hall–Kier alpha value is -0.0800. The second-order valence-corrected chi connectivity index (χ2v) is 7.16. The Balaban J connectivity index is 2.48. The van der Waals surface area contributed by atoms with Crippen molar-refractivity contribution in [1.82, 2.24) is 10.2 Å². The highest BCUT2D eigenvalue weighted by Crippen LogP contribution is 2.21. The summed E-state index contributed by atoms with van der Waals surface area (Å²) in [6, 6.07) is 0.696. The maximum absolute atomic E-state index is 3.67. The van der Waals surface area contributed by atoms with Crippen LogP contribution in [0.25, 0.3) is 0 Å². The van der Waals surface area contributed by atoms with Gasteiger partial charge in [-0.05, 0) is 58.5 Å². The van der Waals surface area contributed by atoms with Crippen LogP contribution >= 0.6 is 0 Å². The summed E-state index contributed by atoms with van der Waals surface area (Å²) in [6.45, 7) is 17.5. The Morgan fingerprint density at radius 1 is 1.18 bits per heavy atom. The summed E-state index contributed by atoms with van der Waals surface area (Å²) >= 11 is 0. The molecule has 1 heterocycles. The normalized spacial score (nSPS) is 22.1. The molecular formula is C15H32N2. The number of rotatable bonds is 4. The molecule has 17 heavy (non-hydrogen) atoms. The molecule has 1 aliphatic heterocycles. The van der Waals surface area contributed by atoms with Crippen molar-refractivity contribution in [1.29, 1.82) is 0 Å². The fourth-order valence-electron chi connectivity index (χ4n) is 2.56. The van der Waals surface area contributed by atoms with Crippen molar-refractivity contribution in [3.8, 4) is 0 Å². The van der Waals surface area contributed by atoms with Crippen LogP contribution in [0.1, 0.15) is 54.4 Å². The minimum atomic E-state index is 0.232. The van der Waals surface area contributed by atoms with Crippen LogP contribution in [0.2, 0.25) is 0 Å². The molecule has 1 saturated heterocycles. The minimum absolute atomic E-state index is 0.232. The Kier molecular flexibility index (Phi) is 5.46. The Morgan fingerprint density at radius 2 is 1.71 bits per heavy atom. The van der Waals surface area contributed by atoms with E-state index in [1.807, 2.05) is 0 Å². The van der Waals surface area contributed by atoms with Gasteiger partial charge in [0, 0.05) is 18.1 Å². The Labute approximate surface area is 108 Å². The molecule has 0 aromatic rings. The molecule has 0 amide bonds. The lowest BCUT2D eigenvalue weighted by Gasteiger charge is -2.40. The van der Waals surface area contributed by atoms with Gasteiger partial charge in [-0.25, -0.2) is 0 Å². The third-order valence-electron chi connectivity index (χ3n) is 3.90. The zero-order valence-corrected chi connectivity index (χ0v) is 12.7. The van der Waals surface area contributed by atoms with Gasteiger partial charge in [0.15, 0.2) is 0 Å². The van der Waals surface area contributed by atoms with Crippen LogP contribution in [-0.4, -0.2) is 36.1 Å². The van der Waals surface area contributed by atoms with Gasteiger partial charge >= 0.3 is 0 Å². The van der Waals surface area contributed by atoms with E-state index in [9.17, 15) is 0 Å². The summed E-state index contributed by atoms with van der Waals surface area (Å²) in [4.78, 5) is 2.70. The van der Waals surface area contributed by atoms with Crippen LogP contribution in [0.15, 0.2) is 0 Å². The highest BCUT2D eigenvalue weighted by molar-refractivity contribution is 4.83. The van der Waals surface area contributed by atoms with Gasteiger partial charge < -0.3 is 5.32 Å². The van der Waals surface area contributed by atoms with Crippen LogP contribution in [0, 0.1) is 11.8 Å². The van der Waals surface area contributed by atoms with Gasteiger partial charge in [-0.15, -0.1) is 0 Å². The summed E-state index contributed by atoms with van der Waals surface area (Å²) in [7, 11) is 0. The van der Waals surface area contributed by atoms with Gasteiger partial charge in [-0.1, -0.05) is 20.8 Å². The van der Waals surface area contributed by atoms with E-state index in [1.54, 1.807) is 0 Å². The molecule has 0 aromatic heterocycles. The summed E-state index contributed by atoms with van der Waals surface area (Å²) in [5.74, 6) is 1.66. The quantitative estimate of drug-likeness (QED) is 0.812. The Bertz CT molecular complexity index is 209. The second kappa shape index (κ2) is 6.19. The number of likely N-dealkylation sites (tertiary alicyclic amines) is 1. The van der Waals surface area contributed by atoms with E-state index in [0.717, 1.165) is 18.4 Å². The molecule has 0 aliphatic carbocycles. The van der Waals surface area contributed by atoms with Gasteiger partial charge in [0.2, 0.25) is 0 Å². The van der Waals surface area contributed by atoms with E-state index in [1.165, 1.54) is 25.9 Å². The third-order valence-corrected chi connectivity index (χ3v) is 3.90. The molecule has 0 saturated carbocycles. The number of hydrogen-bond acceptors (Lipinski definition) is 2. The first-order chi connectivity index (χ1) is 7.79. The molecule has 1 rings (SSSR count). The smallest absolute Gasteiger partial charge is 0.0243 e. The van der Waals surface area contributed by atoms with Gasteiger partial charge in [-0.2, -0.15) is 0 Å². The number of hydrogen-bond donors (Lipinski definition) is 1. The third kappa shape index (κ3) is 5.39. The predicted octanol–water partition coefficient (Wildman–Crippen LogP) is 3.13. The van der Waals surface area contributed by atoms with E-state index in [2.05, 4.69) is 51.8 Å². The molecule has 1 fully saturated rings. The molecular weight excluding hydrogens is 208 g/mol. The average Bonchev–Trinajstić information content (AvgIpc) is 2.18. The lowest BCUT2D eigenvalue weighted by atomic mass is 9.94. The Morgan fingerprint density at radius 3 is 2.12 bits per heavy atom. The molecule has 1 N–H and O–H groups in total. The molecule has 0 radical (unpaired) electrons. The highest BCUT2D eigenvalue weighted by Gasteiger charge is 2.26. The average molecular weight is 240 g/mol. The topological polar surface area (TPSA) is 15.3 Å². The molecule has 1 aliphatic rings. The second-order valence-electron chi connectivity index (χ2n) is 7.16. The van der Waals surface area contributed by atoms with Crippen molar-refractivity contribution >= 4 is 0 Å². The largest absolute Gasteiger partial charge is 0.311 e. The SMILES string of the molecule is CC1CCN(C(CNC(C)(C)C)C(C)C)CC1. The maximum Gasteiger partial charge on any atom is 0.0243 e. The molecule has 2 heteroatoms. The number of piperidine rings is 1. The maximum atomic E-state index is 3.67. The predicted molar refractivity (Wildman–Crippen MR) is 76.4 cm³/mol. The van der Waals surface area contributed by atoms with E-state index in [0.29, 0.717) is 6.04 Å². The molecule has 1 atom stereocenters. The highest BCUT2D eigenvalue weighted by atomic mass is 15.2. The first kappa shape index (κ1) is 15.0. The van der Waals surface area contributed by atoms with Crippen LogP contribution < -0.4 is 5.32 Å². The van der Waals surface area contributed by atoms with Crippen molar-refractivity contribution < 1.29 is 0 Å². The van der Waals surface area contributed by atoms with Crippen molar-refractivity contribution in [2.45, 2.75) is 66.0 Å². The lowest BCUT2D eigenvalue weighted by molar-refractivity contribution is 0.102. The summed E-state index contributed by atoms with van der Waals surface area (Å²) in [5.41, 5.74) is 0.232. The fourth-order valence-corrected chi connectivity index (χ4v) is 2.56. The van der Waals surface area contributed by atoms with E-state index in [4.69, 9.17) is 0 Å². The monoisotopic (exact) mass is 240 g/mol. The van der Waals surface area contributed by atoms with Crippen LogP contribution in [0.3, 0.4) is 0 Å². The van der Waals surface area contributed by atoms with Crippen LogP contribution in [0.4, 0.5) is 0 Å². The summed E-state index contributed by atoms with van der Waals surface area (Å²) < 4.78 is 0. The van der Waals surface area contributed by atoms with Gasteiger partial charge in [-0.3, -0.25) is 4.90 Å². The fraction of sp³-hybridized carbons (Fsp3) is 1.00. The molecule has 1 unspecified atom stereocenters.